The first kappa shape index (κ1) is 30.3. The number of hydrogen-bond acceptors (Lipinski definition) is 5. The molecule has 1 heterocycles. The second-order valence-electron chi connectivity index (χ2n) is 14.4. The number of allylic oxidation sites excluding steroid dienone is 1. The largest absolute Gasteiger partial charge is 0.497 e. The zero-order valence-electron chi connectivity index (χ0n) is 26.6. The lowest BCUT2D eigenvalue weighted by molar-refractivity contribution is -0.232. The van der Waals surface area contributed by atoms with E-state index in [9.17, 15) is 9.59 Å². The van der Waals surface area contributed by atoms with Crippen molar-refractivity contribution < 1.29 is 19.1 Å². The van der Waals surface area contributed by atoms with Crippen LogP contribution in [0.1, 0.15) is 77.7 Å². The van der Waals surface area contributed by atoms with Crippen LogP contribution >= 0.6 is 11.8 Å². The SMILES string of the molecule is C=C1CCC[C@@H]2[C@@](C)([C@@H]3C[C@@]4(C)[C@@H](C(=O)O3)[C@H](C(=O)Nc3ccccc3SC)[C@@H]4c3ccc(OC)cc3)[C@H](C)CC[C@@]12C. The third-order valence-electron chi connectivity index (χ3n) is 12.6. The van der Waals surface area contributed by atoms with Crippen LogP contribution in [0.5, 0.6) is 5.75 Å². The fraction of sp³-hybridized carbons (Fsp3) is 0.568. The molecule has 6 heteroatoms. The topological polar surface area (TPSA) is 64.6 Å². The number of cyclic esters (lactones) is 1. The molecule has 5 nitrogen and oxygen atoms in total. The van der Waals surface area contributed by atoms with Crippen molar-refractivity contribution in [3.63, 3.8) is 0 Å². The van der Waals surface area contributed by atoms with Crippen LogP contribution in [0, 0.1) is 39.9 Å². The van der Waals surface area contributed by atoms with E-state index in [-0.39, 0.29) is 34.7 Å². The van der Waals surface area contributed by atoms with Crippen molar-refractivity contribution in [2.75, 3.05) is 18.7 Å². The van der Waals surface area contributed by atoms with Crippen LogP contribution < -0.4 is 10.1 Å². The van der Waals surface area contributed by atoms with Crippen LogP contribution in [0.3, 0.4) is 0 Å². The van der Waals surface area contributed by atoms with Crippen LogP contribution in [0.2, 0.25) is 0 Å². The van der Waals surface area contributed by atoms with Gasteiger partial charge in [-0.3, -0.25) is 9.59 Å². The predicted octanol–water partition coefficient (Wildman–Crippen LogP) is 8.51. The van der Waals surface area contributed by atoms with Crippen molar-refractivity contribution in [2.24, 2.45) is 39.9 Å². The molecule has 0 spiro atoms. The number of benzene rings is 2. The lowest BCUT2D eigenvalue weighted by Gasteiger charge is -2.66. The molecule has 1 N–H and O–H groups in total. The van der Waals surface area contributed by atoms with Crippen LogP contribution in [0.4, 0.5) is 5.69 Å². The maximum Gasteiger partial charge on any atom is 0.310 e. The Morgan fingerprint density at radius 2 is 1.79 bits per heavy atom. The number of thioether (sulfide) groups is 1. The molecule has 6 rings (SSSR count). The number of nitrogens with one attached hydrogen (secondary N) is 1. The molecule has 0 radical (unpaired) electrons. The van der Waals surface area contributed by atoms with Gasteiger partial charge in [0, 0.05) is 16.2 Å². The molecule has 3 aliphatic carbocycles. The van der Waals surface area contributed by atoms with Crippen molar-refractivity contribution in [1.82, 2.24) is 0 Å². The summed E-state index contributed by atoms with van der Waals surface area (Å²) in [5, 5.41) is 3.19. The third kappa shape index (κ3) is 4.57. The highest BCUT2D eigenvalue weighted by molar-refractivity contribution is 7.98. The van der Waals surface area contributed by atoms with E-state index < -0.39 is 17.3 Å². The summed E-state index contributed by atoms with van der Waals surface area (Å²) in [4.78, 5) is 29.3. The number of carbonyl (C=O) groups excluding carboxylic acids is 2. The van der Waals surface area contributed by atoms with Gasteiger partial charge in [0.1, 0.15) is 11.9 Å². The first-order valence-electron chi connectivity index (χ1n) is 16.0. The van der Waals surface area contributed by atoms with Crippen LogP contribution in [-0.2, 0) is 14.3 Å². The summed E-state index contributed by atoms with van der Waals surface area (Å²) >= 11 is 1.60. The molecule has 0 bridgehead atoms. The molecule has 4 fully saturated rings. The summed E-state index contributed by atoms with van der Waals surface area (Å²) in [5.74, 6) is 0.174. The molecular weight excluding hydrogens is 554 g/mol. The zero-order chi connectivity index (χ0) is 30.7. The second kappa shape index (κ2) is 11.0. The standard InChI is InChI=1S/C37H47NO4S/c1-22-11-10-14-28-35(22,3)20-19-23(2)37(28,5)29-21-36(4)31(24-15-17-25(41-6)18-16-24)30(32(36)34(40)42-29)33(39)38-26-12-8-9-13-27(26)43-7/h8-9,12-13,15-18,23,28-32H,1,10-11,14,19-21H2,2-7H3,(H,38,39)/t23-,28+,29+,30-,31+,32-,35+,36-,37+/m1/s1. The molecule has 43 heavy (non-hydrogen) atoms. The number of rotatable bonds is 6. The fourth-order valence-electron chi connectivity index (χ4n) is 9.86. The summed E-state index contributed by atoms with van der Waals surface area (Å²) < 4.78 is 12.0. The summed E-state index contributed by atoms with van der Waals surface area (Å²) in [5.41, 5.74) is 2.74. The Morgan fingerprint density at radius 1 is 1.07 bits per heavy atom. The fourth-order valence-corrected chi connectivity index (χ4v) is 10.4. The van der Waals surface area contributed by atoms with Gasteiger partial charge in [-0.15, -0.1) is 11.8 Å². The number of amides is 1. The quantitative estimate of drug-likeness (QED) is 0.204. The maximum absolute atomic E-state index is 14.2. The Labute approximate surface area is 261 Å². The first-order chi connectivity index (χ1) is 20.5. The van der Waals surface area contributed by atoms with Gasteiger partial charge in [-0.2, -0.15) is 0 Å². The van der Waals surface area contributed by atoms with E-state index in [0.717, 1.165) is 60.4 Å². The molecule has 230 valence electrons. The van der Waals surface area contributed by atoms with Crippen LogP contribution in [0.25, 0.3) is 0 Å². The Balaban J connectivity index is 1.37. The van der Waals surface area contributed by atoms with Gasteiger partial charge in [-0.25, -0.2) is 0 Å². The van der Waals surface area contributed by atoms with Crippen molar-refractivity contribution in [2.45, 2.75) is 83.1 Å². The number of fused-ring (bicyclic) bond motifs is 2. The molecule has 2 aromatic rings. The average molecular weight is 602 g/mol. The van der Waals surface area contributed by atoms with Crippen molar-refractivity contribution >= 4 is 29.3 Å². The van der Waals surface area contributed by atoms with Gasteiger partial charge in [-0.05, 0) is 97.3 Å². The Hall–Kier alpha value is -2.73. The van der Waals surface area contributed by atoms with Gasteiger partial charge in [0.15, 0.2) is 0 Å². The molecular formula is C37H47NO4S. The molecule has 1 amide bonds. The minimum absolute atomic E-state index is 0.0752. The summed E-state index contributed by atoms with van der Waals surface area (Å²) in [6.07, 6.45) is 8.21. The zero-order valence-corrected chi connectivity index (χ0v) is 27.4. The van der Waals surface area contributed by atoms with Crippen LogP contribution in [0.15, 0.2) is 65.6 Å². The van der Waals surface area contributed by atoms with E-state index in [2.05, 4.69) is 51.7 Å². The van der Waals surface area contributed by atoms with E-state index in [1.165, 1.54) is 5.57 Å². The first-order valence-corrected chi connectivity index (χ1v) is 17.2. The Bertz CT molecular complexity index is 1420. The highest BCUT2D eigenvalue weighted by atomic mass is 32.2. The predicted molar refractivity (Wildman–Crippen MR) is 173 cm³/mol. The van der Waals surface area contributed by atoms with Gasteiger partial charge in [-0.1, -0.05) is 64.1 Å². The number of carbonyl (C=O) groups is 2. The van der Waals surface area contributed by atoms with Crippen LogP contribution in [-0.4, -0.2) is 31.3 Å². The van der Waals surface area contributed by atoms with Gasteiger partial charge in [0.05, 0.1) is 24.6 Å². The van der Waals surface area contributed by atoms with Crippen molar-refractivity contribution in [3.8, 4) is 5.75 Å². The number of para-hydroxylation sites is 1. The second-order valence-corrected chi connectivity index (χ2v) is 15.2. The lowest BCUT2D eigenvalue weighted by atomic mass is 9.40. The molecule has 1 aliphatic heterocycles. The van der Waals surface area contributed by atoms with Gasteiger partial charge in [0.2, 0.25) is 5.91 Å². The van der Waals surface area contributed by atoms with Crippen molar-refractivity contribution in [1.29, 1.82) is 0 Å². The lowest BCUT2D eigenvalue weighted by Crippen LogP contribution is -2.68. The Morgan fingerprint density at radius 3 is 2.49 bits per heavy atom. The highest BCUT2D eigenvalue weighted by Gasteiger charge is 2.71. The monoisotopic (exact) mass is 601 g/mol. The number of anilines is 1. The molecule has 0 unspecified atom stereocenters. The summed E-state index contributed by atoms with van der Waals surface area (Å²) in [6, 6.07) is 15.9. The number of hydrogen-bond donors (Lipinski definition) is 1. The van der Waals surface area contributed by atoms with E-state index in [4.69, 9.17) is 9.47 Å². The molecule has 2 aromatic carbocycles. The summed E-state index contributed by atoms with van der Waals surface area (Å²) in [7, 11) is 1.66. The third-order valence-corrected chi connectivity index (χ3v) is 13.4. The minimum atomic E-state index is -0.516. The minimum Gasteiger partial charge on any atom is -0.497 e. The smallest absolute Gasteiger partial charge is 0.310 e. The highest BCUT2D eigenvalue weighted by Crippen LogP contribution is 2.70. The van der Waals surface area contributed by atoms with Gasteiger partial charge < -0.3 is 14.8 Å². The Kier molecular flexibility index (Phi) is 7.76. The van der Waals surface area contributed by atoms with E-state index >= 15 is 0 Å². The summed E-state index contributed by atoms with van der Waals surface area (Å²) in [6.45, 7) is 13.9. The normalized spacial score (nSPS) is 38.7. The van der Waals surface area contributed by atoms with Gasteiger partial charge in [0.25, 0.3) is 0 Å². The number of methoxy groups -OCH3 is 1. The number of ether oxygens (including phenoxy) is 2. The van der Waals surface area contributed by atoms with E-state index in [0.29, 0.717) is 11.8 Å². The molecule has 4 aliphatic rings. The average Bonchev–Trinajstić information content (AvgIpc) is 2.99. The number of esters is 1. The van der Waals surface area contributed by atoms with Gasteiger partial charge >= 0.3 is 5.97 Å². The molecule has 0 aromatic heterocycles. The maximum atomic E-state index is 14.2. The molecule has 3 saturated carbocycles. The molecule has 9 atom stereocenters. The van der Waals surface area contributed by atoms with E-state index in [1.54, 1.807) is 18.9 Å². The van der Waals surface area contributed by atoms with Crippen molar-refractivity contribution in [3.05, 3.63) is 66.2 Å². The molecule has 1 saturated heterocycles. The van der Waals surface area contributed by atoms with E-state index in [1.807, 2.05) is 42.7 Å².